The van der Waals surface area contributed by atoms with E-state index >= 15 is 0 Å². The number of H-pyrrole nitrogens is 1. The zero-order chi connectivity index (χ0) is 29.6. The van der Waals surface area contributed by atoms with E-state index in [1.807, 2.05) is 85.0 Å². The van der Waals surface area contributed by atoms with Crippen molar-refractivity contribution in [3.05, 3.63) is 68.5 Å². The largest absolute Gasteiger partial charge is 0.390 e. The Hall–Kier alpha value is -2.04. The van der Waals surface area contributed by atoms with Crippen LogP contribution < -0.4 is 11.2 Å². The number of hydrogen-bond acceptors (Lipinski definition) is 6. The maximum Gasteiger partial charge on any atom is 0.330 e. The van der Waals surface area contributed by atoms with Crippen molar-refractivity contribution in [2.24, 2.45) is 16.7 Å². The summed E-state index contributed by atoms with van der Waals surface area (Å²) in [5.74, 6) is 0.159. The molecule has 0 saturated carbocycles. The molecule has 2 unspecified atom stereocenters. The maximum absolute atomic E-state index is 13.4. The van der Waals surface area contributed by atoms with Gasteiger partial charge in [-0.15, -0.1) is 0 Å². The lowest BCUT2D eigenvalue weighted by molar-refractivity contribution is -0.180. The van der Waals surface area contributed by atoms with Crippen molar-refractivity contribution < 1.29 is 19.7 Å². The van der Waals surface area contributed by atoms with Gasteiger partial charge in [0.15, 0.2) is 0 Å². The molecule has 1 saturated heterocycles. The van der Waals surface area contributed by atoms with Crippen LogP contribution in [-0.2, 0) is 21.4 Å². The van der Waals surface area contributed by atoms with Crippen molar-refractivity contribution in [1.82, 2.24) is 9.55 Å². The van der Waals surface area contributed by atoms with Gasteiger partial charge in [0.1, 0.15) is 17.1 Å². The van der Waals surface area contributed by atoms with E-state index in [0.29, 0.717) is 5.56 Å². The molecule has 2 aromatic rings. The second-order valence-electron chi connectivity index (χ2n) is 13.9. The van der Waals surface area contributed by atoms with Gasteiger partial charge < -0.3 is 19.7 Å². The van der Waals surface area contributed by atoms with Gasteiger partial charge in [-0.3, -0.25) is 14.3 Å². The van der Waals surface area contributed by atoms with Crippen LogP contribution in [0.4, 0.5) is 0 Å². The fourth-order valence-electron chi connectivity index (χ4n) is 5.47. The van der Waals surface area contributed by atoms with Crippen molar-refractivity contribution >= 4 is 8.80 Å². The number of ether oxygens (including phenoxy) is 2. The smallest absolute Gasteiger partial charge is 0.330 e. The van der Waals surface area contributed by atoms with Crippen LogP contribution in [0.1, 0.15) is 79.0 Å². The Bertz CT molecular complexity index is 1240. The van der Waals surface area contributed by atoms with Gasteiger partial charge in [-0.1, -0.05) is 98.8 Å². The van der Waals surface area contributed by atoms with Crippen LogP contribution in [0.15, 0.2) is 46.1 Å². The molecular formula is C30H48N2O6Si. The summed E-state index contributed by atoms with van der Waals surface area (Å²) < 4.78 is 14.4. The average Bonchev–Trinajstić information content (AvgIpc) is 3.15. The molecule has 1 aliphatic rings. The third kappa shape index (κ3) is 6.02. The van der Waals surface area contributed by atoms with Gasteiger partial charge >= 0.3 is 5.69 Å². The molecular weight excluding hydrogens is 512 g/mol. The minimum Gasteiger partial charge on any atom is -0.390 e. The van der Waals surface area contributed by atoms with E-state index < -0.39 is 54.0 Å². The van der Waals surface area contributed by atoms with Crippen molar-refractivity contribution in [3.8, 4) is 0 Å². The first kappa shape index (κ1) is 31.5. The average molecular weight is 561 g/mol. The molecule has 0 spiro atoms. The standard InChI is InChI=1S/C30H48N2O6Si/c1-19(2)22(20-14-12-11-13-15-20)37-17-21-16-32(26(35)31-25(21)34)30(39(9)10)18-29(36,28(6,7)8)24(38-30)23(33)27(3,4)5/h11-16,19,22-24,33,36,39H,17-18H2,1-10H3,(H,31,34,35)/t22?,23?,24-,29+,30+/m1/s1. The number of aliphatic hydroxyl groups is 2. The Morgan fingerprint density at radius 2 is 1.72 bits per heavy atom. The number of hydrogen-bond donors (Lipinski definition) is 3. The molecule has 1 aromatic heterocycles. The van der Waals surface area contributed by atoms with E-state index in [-0.39, 0.29) is 25.0 Å². The highest BCUT2D eigenvalue weighted by Crippen LogP contribution is 2.53. The molecule has 0 radical (unpaired) electrons. The molecule has 1 aromatic carbocycles. The van der Waals surface area contributed by atoms with Gasteiger partial charge in [-0.25, -0.2) is 4.79 Å². The van der Waals surface area contributed by atoms with E-state index in [2.05, 4.69) is 18.8 Å². The number of benzene rings is 1. The van der Waals surface area contributed by atoms with Gasteiger partial charge in [-0.05, 0) is 22.3 Å². The van der Waals surface area contributed by atoms with E-state index in [1.165, 1.54) is 10.8 Å². The SMILES string of the molecule is CC(C)C(OCc1cn([C@@]2([SiH](C)C)C[C@@](O)(C(C)(C)C)[C@@H](C(O)C(C)(C)C)O2)c(=O)[nH]c1=O)c1ccccc1. The van der Waals surface area contributed by atoms with Gasteiger partial charge in [0.05, 0.1) is 33.2 Å². The summed E-state index contributed by atoms with van der Waals surface area (Å²) in [5, 5.41) is 22.4. The zero-order valence-corrected chi connectivity index (χ0v) is 26.4. The van der Waals surface area contributed by atoms with Crippen LogP contribution in [0.3, 0.4) is 0 Å². The van der Waals surface area contributed by atoms with Crippen molar-refractivity contribution in [2.45, 2.75) is 111 Å². The van der Waals surface area contributed by atoms with Crippen molar-refractivity contribution in [2.75, 3.05) is 0 Å². The number of nitrogens with one attached hydrogen (secondary N) is 1. The molecule has 39 heavy (non-hydrogen) atoms. The number of rotatable bonds is 8. The predicted molar refractivity (Wildman–Crippen MR) is 156 cm³/mol. The van der Waals surface area contributed by atoms with Crippen LogP contribution in [0.25, 0.3) is 0 Å². The normalized spacial score (nSPS) is 25.8. The monoisotopic (exact) mass is 560 g/mol. The predicted octanol–water partition coefficient (Wildman–Crippen LogP) is 4.10. The summed E-state index contributed by atoms with van der Waals surface area (Å²) in [6.45, 7) is 19.7. The molecule has 8 nitrogen and oxygen atoms in total. The first-order chi connectivity index (χ1) is 17.8. The van der Waals surface area contributed by atoms with Crippen molar-refractivity contribution in [1.29, 1.82) is 0 Å². The molecule has 9 heteroatoms. The van der Waals surface area contributed by atoms with Gasteiger partial charge in [0.25, 0.3) is 5.56 Å². The second-order valence-corrected chi connectivity index (χ2v) is 17.1. The van der Waals surface area contributed by atoms with E-state index in [1.54, 1.807) is 0 Å². The summed E-state index contributed by atoms with van der Waals surface area (Å²) >= 11 is 0. The molecule has 5 atom stereocenters. The first-order valence-electron chi connectivity index (χ1n) is 14.0. The summed E-state index contributed by atoms with van der Waals surface area (Å²) in [4.78, 5) is 28.7. The van der Waals surface area contributed by atoms with Gasteiger partial charge in [0.2, 0.25) is 0 Å². The highest BCUT2D eigenvalue weighted by Gasteiger charge is 2.65. The lowest BCUT2D eigenvalue weighted by atomic mass is 9.68. The fraction of sp³-hybridized carbons (Fsp3) is 0.667. The summed E-state index contributed by atoms with van der Waals surface area (Å²) in [7, 11) is -1.94. The number of nitrogens with zero attached hydrogens (tertiary/aromatic N) is 1. The molecule has 1 fully saturated rings. The number of aliphatic hydroxyl groups excluding tert-OH is 1. The van der Waals surface area contributed by atoms with Gasteiger partial charge in [0, 0.05) is 12.6 Å². The third-order valence-electron chi connectivity index (χ3n) is 8.28. The fourth-order valence-corrected chi connectivity index (χ4v) is 7.35. The molecule has 3 N–H and O–H groups in total. The van der Waals surface area contributed by atoms with Crippen LogP contribution in [0.2, 0.25) is 13.1 Å². The minimum absolute atomic E-state index is 0.000663. The van der Waals surface area contributed by atoms with E-state index in [0.717, 1.165) is 5.56 Å². The Balaban J connectivity index is 2.10. The Morgan fingerprint density at radius 3 is 2.21 bits per heavy atom. The Labute approximate surface area is 234 Å². The third-order valence-corrected chi connectivity index (χ3v) is 10.7. The molecule has 0 bridgehead atoms. The lowest BCUT2D eigenvalue weighted by Crippen LogP contribution is -2.57. The number of aromatic amines is 1. The second kappa shape index (κ2) is 11.1. The van der Waals surface area contributed by atoms with Crippen LogP contribution in [0, 0.1) is 16.7 Å². The van der Waals surface area contributed by atoms with E-state index in [9.17, 15) is 19.8 Å². The minimum atomic E-state index is -1.94. The van der Waals surface area contributed by atoms with Crippen LogP contribution >= 0.6 is 0 Å². The zero-order valence-electron chi connectivity index (χ0n) is 25.2. The Morgan fingerprint density at radius 1 is 1.13 bits per heavy atom. The summed E-state index contributed by atoms with van der Waals surface area (Å²) in [6, 6.07) is 9.84. The summed E-state index contributed by atoms with van der Waals surface area (Å²) in [5.41, 5.74) is -2.47. The molecule has 0 amide bonds. The van der Waals surface area contributed by atoms with Gasteiger partial charge in [-0.2, -0.15) is 0 Å². The first-order valence-corrected chi connectivity index (χ1v) is 16.8. The highest BCUT2D eigenvalue weighted by atomic mass is 28.3. The Kier molecular flexibility index (Phi) is 8.95. The topological polar surface area (TPSA) is 114 Å². The summed E-state index contributed by atoms with van der Waals surface area (Å²) in [6.07, 6.45) is -0.509. The molecule has 3 rings (SSSR count). The molecule has 0 aliphatic carbocycles. The number of aromatic nitrogens is 2. The molecule has 1 aliphatic heterocycles. The highest BCUT2D eigenvalue weighted by molar-refractivity contribution is 6.58. The van der Waals surface area contributed by atoms with E-state index in [4.69, 9.17) is 9.47 Å². The van der Waals surface area contributed by atoms with Crippen LogP contribution in [0.5, 0.6) is 0 Å². The molecule has 218 valence electrons. The quantitative estimate of drug-likeness (QED) is 0.419. The van der Waals surface area contributed by atoms with Crippen molar-refractivity contribution in [3.63, 3.8) is 0 Å². The maximum atomic E-state index is 13.4. The van der Waals surface area contributed by atoms with Crippen LogP contribution in [-0.4, -0.2) is 46.4 Å². The molecule has 2 heterocycles. The lowest BCUT2D eigenvalue weighted by Gasteiger charge is -2.44.